The molecule has 0 aliphatic carbocycles. The highest BCUT2D eigenvalue weighted by Gasteiger charge is 2.08. The predicted octanol–water partition coefficient (Wildman–Crippen LogP) is 1.20. The van der Waals surface area contributed by atoms with E-state index in [1.54, 1.807) is 0 Å². The Hall–Kier alpha value is -0.120. The monoisotopic (exact) mass is 190 g/mol. The summed E-state index contributed by atoms with van der Waals surface area (Å²) in [4.78, 5) is 2.44. The third-order valence-electron chi connectivity index (χ3n) is 1.96. The zero-order valence-electron chi connectivity index (χ0n) is 9.31. The minimum atomic E-state index is 0. The number of likely N-dealkylation sites (N-methyl/N-ethyl adjacent to an activating group) is 1. The quantitative estimate of drug-likeness (QED) is 0.674. The molecule has 0 atom stereocenters. The van der Waals surface area contributed by atoms with Gasteiger partial charge in [-0.3, -0.25) is 4.90 Å². The molecule has 0 radical (unpaired) electrons. The lowest BCUT2D eigenvalue weighted by Crippen LogP contribution is -2.40. The van der Waals surface area contributed by atoms with E-state index in [0.29, 0.717) is 0 Å². The van der Waals surface area contributed by atoms with Gasteiger partial charge in [-0.15, -0.1) is 0 Å². The Morgan fingerprint density at radius 1 is 1.31 bits per heavy atom. The summed E-state index contributed by atoms with van der Waals surface area (Å²) < 4.78 is 5.24. The number of hydrogen-bond donors (Lipinski definition) is 1. The van der Waals surface area contributed by atoms with Gasteiger partial charge in [0.2, 0.25) is 0 Å². The molecule has 0 unspecified atom stereocenters. The van der Waals surface area contributed by atoms with Crippen molar-refractivity contribution in [1.29, 1.82) is 0 Å². The van der Waals surface area contributed by atoms with Gasteiger partial charge in [0, 0.05) is 27.6 Å². The van der Waals surface area contributed by atoms with Crippen molar-refractivity contribution in [2.45, 2.75) is 20.8 Å². The van der Waals surface area contributed by atoms with Crippen molar-refractivity contribution in [2.75, 3.05) is 45.9 Å². The van der Waals surface area contributed by atoms with Crippen LogP contribution in [0, 0.1) is 0 Å². The maximum atomic E-state index is 5.24. The molecule has 82 valence electrons. The van der Waals surface area contributed by atoms with Gasteiger partial charge in [-0.05, 0) is 6.54 Å². The van der Waals surface area contributed by atoms with Crippen LogP contribution in [0.3, 0.4) is 0 Å². The number of nitrogens with one attached hydrogen (secondary N) is 1. The lowest BCUT2D eigenvalue weighted by atomic mass is 10.4. The van der Waals surface area contributed by atoms with Gasteiger partial charge < -0.3 is 10.1 Å². The molecule has 13 heavy (non-hydrogen) atoms. The molecule has 0 aromatic rings. The SMILES string of the molecule is CC.CCNCCN1CCOCC1.[HH]. The van der Waals surface area contributed by atoms with E-state index in [-0.39, 0.29) is 1.43 Å². The molecule has 0 amide bonds. The van der Waals surface area contributed by atoms with Gasteiger partial charge in [0.1, 0.15) is 0 Å². The molecule has 0 aromatic carbocycles. The van der Waals surface area contributed by atoms with Gasteiger partial charge in [0.05, 0.1) is 13.2 Å². The minimum Gasteiger partial charge on any atom is -0.379 e. The topological polar surface area (TPSA) is 24.5 Å². The van der Waals surface area contributed by atoms with Crippen molar-refractivity contribution in [3.8, 4) is 0 Å². The Kier molecular flexibility index (Phi) is 9.87. The molecule has 0 saturated carbocycles. The first-order valence-corrected chi connectivity index (χ1v) is 5.44. The molecule has 1 fully saturated rings. The van der Waals surface area contributed by atoms with Crippen molar-refractivity contribution in [1.82, 2.24) is 10.2 Å². The normalized spacial score (nSPS) is 17.8. The molecule has 1 heterocycles. The number of hydrogen-bond acceptors (Lipinski definition) is 3. The summed E-state index contributed by atoms with van der Waals surface area (Å²) in [7, 11) is 0. The largest absolute Gasteiger partial charge is 0.379 e. The summed E-state index contributed by atoms with van der Waals surface area (Å²) in [5.41, 5.74) is 0. The first kappa shape index (κ1) is 12.9. The van der Waals surface area contributed by atoms with E-state index in [9.17, 15) is 0 Å². The first-order valence-electron chi connectivity index (χ1n) is 5.44. The van der Waals surface area contributed by atoms with Crippen LogP contribution in [-0.4, -0.2) is 50.8 Å². The summed E-state index contributed by atoms with van der Waals surface area (Å²) in [6.45, 7) is 13.5. The van der Waals surface area contributed by atoms with E-state index < -0.39 is 0 Å². The van der Waals surface area contributed by atoms with Gasteiger partial charge in [0.25, 0.3) is 0 Å². The summed E-state index contributed by atoms with van der Waals surface area (Å²) in [6.07, 6.45) is 0. The second kappa shape index (κ2) is 9.96. The number of nitrogens with zero attached hydrogens (tertiary/aromatic N) is 1. The molecular formula is C10H26N2O. The van der Waals surface area contributed by atoms with E-state index in [0.717, 1.165) is 45.9 Å². The molecule has 1 saturated heterocycles. The van der Waals surface area contributed by atoms with Crippen LogP contribution in [0.15, 0.2) is 0 Å². The van der Waals surface area contributed by atoms with Crippen molar-refractivity contribution in [3.63, 3.8) is 0 Å². The smallest absolute Gasteiger partial charge is 0.0594 e. The van der Waals surface area contributed by atoms with Crippen molar-refractivity contribution < 1.29 is 6.16 Å². The van der Waals surface area contributed by atoms with Gasteiger partial charge >= 0.3 is 0 Å². The van der Waals surface area contributed by atoms with Gasteiger partial charge in [0.15, 0.2) is 0 Å². The second-order valence-corrected chi connectivity index (χ2v) is 2.81. The van der Waals surface area contributed by atoms with Crippen molar-refractivity contribution in [2.24, 2.45) is 0 Å². The number of morpholine rings is 1. The van der Waals surface area contributed by atoms with Crippen LogP contribution in [0.4, 0.5) is 0 Å². The van der Waals surface area contributed by atoms with E-state index in [1.807, 2.05) is 13.8 Å². The maximum absolute atomic E-state index is 5.24. The highest BCUT2D eigenvalue weighted by Crippen LogP contribution is 1.94. The third-order valence-corrected chi connectivity index (χ3v) is 1.96. The molecular weight excluding hydrogens is 164 g/mol. The second-order valence-electron chi connectivity index (χ2n) is 2.81. The lowest BCUT2D eigenvalue weighted by Gasteiger charge is -2.26. The van der Waals surface area contributed by atoms with E-state index in [1.165, 1.54) is 0 Å². The molecule has 1 aliphatic heterocycles. The zero-order valence-corrected chi connectivity index (χ0v) is 9.31. The van der Waals surface area contributed by atoms with Crippen molar-refractivity contribution >= 4 is 0 Å². The molecule has 3 heteroatoms. The average Bonchev–Trinajstić information content (AvgIpc) is 2.23. The van der Waals surface area contributed by atoms with E-state index >= 15 is 0 Å². The summed E-state index contributed by atoms with van der Waals surface area (Å²) in [5, 5.41) is 3.31. The summed E-state index contributed by atoms with van der Waals surface area (Å²) in [5.74, 6) is 0. The van der Waals surface area contributed by atoms with E-state index in [4.69, 9.17) is 4.74 Å². The number of ether oxygens (including phenoxy) is 1. The van der Waals surface area contributed by atoms with Crippen LogP contribution in [0.2, 0.25) is 0 Å². The van der Waals surface area contributed by atoms with Crippen LogP contribution in [0.5, 0.6) is 0 Å². The Bertz CT molecular complexity index is 98.1. The van der Waals surface area contributed by atoms with Crippen LogP contribution >= 0.6 is 0 Å². The Labute approximate surface area is 83.9 Å². The van der Waals surface area contributed by atoms with Crippen molar-refractivity contribution in [3.05, 3.63) is 0 Å². The number of rotatable bonds is 4. The van der Waals surface area contributed by atoms with Gasteiger partial charge in [-0.25, -0.2) is 0 Å². The molecule has 0 spiro atoms. The minimum absolute atomic E-state index is 0. The lowest BCUT2D eigenvalue weighted by molar-refractivity contribution is 0.0385. The fourth-order valence-corrected chi connectivity index (χ4v) is 1.24. The standard InChI is InChI=1S/C8H18N2O.C2H6.H2/c1-2-9-3-4-10-5-7-11-8-6-10;1-2;/h9H,2-8H2,1H3;1-2H3;1H. The highest BCUT2D eigenvalue weighted by atomic mass is 16.5. The zero-order chi connectivity index (χ0) is 9.94. The molecule has 0 aromatic heterocycles. The molecule has 1 aliphatic rings. The van der Waals surface area contributed by atoms with E-state index in [2.05, 4.69) is 17.1 Å². The summed E-state index contributed by atoms with van der Waals surface area (Å²) in [6, 6.07) is 0. The van der Waals surface area contributed by atoms with Gasteiger partial charge in [-0.1, -0.05) is 20.8 Å². The Balaban J connectivity index is 0. The molecule has 0 bridgehead atoms. The Morgan fingerprint density at radius 2 is 1.92 bits per heavy atom. The molecule has 1 rings (SSSR count). The fraction of sp³-hybridized carbons (Fsp3) is 1.00. The third kappa shape index (κ3) is 6.99. The van der Waals surface area contributed by atoms with Crippen LogP contribution < -0.4 is 5.32 Å². The average molecular weight is 190 g/mol. The maximum Gasteiger partial charge on any atom is 0.0594 e. The highest BCUT2D eigenvalue weighted by molar-refractivity contribution is 4.62. The van der Waals surface area contributed by atoms with Crippen LogP contribution in [-0.2, 0) is 4.74 Å². The Morgan fingerprint density at radius 3 is 2.46 bits per heavy atom. The molecule has 1 N–H and O–H groups in total. The first-order chi connectivity index (χ1) is 6.43. The fourth-order valence-electron chi connectivity index (χ4n) is 1.24. The van der Waals surface area contributed by atoms with Gasteiger partial charge in [-0.2, -0.15) is 0 Å². The summed E-state index contributed by atoms with van der Waals surface area (Å²) >= 11 is 0. The van der Waals surface area contributed by atoms with Crippen LogP contribution in [0.25, 0.3) is 0 Å². The molecule has 3 nitrogen and oxygen atoms in total. The van der Waals surface area contributed by atoms with Crippen LogP contribution in [0.1, 0.15) is 22.2 Å². The predicted molar refractivity (Wildman–Crippen MR) is 59.3 cm³/mol.